The van der Waals surface area contributed by atoms with Gasteiger partial charge in [-0.3, -0.25) is 4.79 Å². The lowest BCUT2D eigenvalue weighted by molar-refractivity contribution is -0.135. The average Bonchev–Trinajstić information content (AvgIpc) is 2.37. The maximum absolute atomic E-state index is 12.5. The molecule has 1 aromatic rings. The zero-order valence-electron chi connectivity index (χ0n) is 11.1. The highest BCUT2D eigenvalue weighted by Gasteiger charge is 2.51. The Balaban J connectivity index is 2.18. The number of hydrogen-bond donors (Lipinski definition) is 0. The van der Waals surface area contributed by atoms with Crippen molar-refractivity contribution in [3.63, 3.8) is 0 Å². The molecule has 0 saturated heterocycles. The van der Waals surface area contributed by atoms with Gasteiger partial charge in [0, 0.05) is 11.3 Å². The number of benzene rings is 1. The van der Waals surface area contributed by atoms with Crippen molar-refractivity contribution in [3.05, 3.63) is 54.1 Å². The van der Waals surface area contributed by atoms with Gasteiger partial charge in [0.1, 0.15) is 0 Å². The van der Waals surface area contributed by atoms with Crippen molar-refractivity contribution in [2.75, 3.05) is 0 Å². The van der Waals surface area contributed by atoms with Gasteiger partial charge < -0.3 is 0 Å². The fourth-order valence-electron chi connectivity index (χ4n) is 3.36. The van der Waals surface area contributed by atoms with Crippen LogP contribution in [0, 0.1) is 16.7 Å². The van der Waals surface area contributed by atoms with Crippen LogP contribution in [0.25, 0.3) is 5.57 Å². The molecule has 1 aromatic carbocycles. The summed E-state index contributed by atoms with van der Waals surface area (Å²) < 4.78 is 0. The Morgan fingerprint density at radius 1 is 1.06 bits per heavy atom. The van der Waals surface area contributed by atoms with Crippen LogP contribution in [0.2, 0.25) is 0 Å². The van der Waals surface area contributed by atoms with Crippen LogP contribution in [0.5, 0.6) is 0 Å². The van der Waals surface area contributed by atoms with Gasteiger partial charge >= 0.3 is 0 Å². The number of rotatable bonds is 1. The van der Waals surface area contributed by atoms with Crippen LogP contribution in [0.15, 0.2) is 48.6 Å². The Hall–Kier alpha value is -1.63. The zero-order valence-corrected chi connectivity index (χ0v) is 11.1. The summed E-state index contributed by atoms with van der Waals surface area (Å²) in [5, 5.41) is 0. The van der Waals surface area contributed by atoms with Gasteiger partial charge in [0.15, 0.2) is 5.78 Å². The number of carbonyl (C=O) groups is 1. The lowest BCUT2D eigenvalue weighted by Gasteiger charge is -2.47. The molecule has 0 N–H and O–H groups in total. The van der Waals surface area contributed by atoms with E-state index in [0.29, 0.717) is 5.78 Å². The van der Waals surface area contributed by atoms with Crippen molar-refractivity contribution in [2.45, 2.75) is 20.8 Å². The molecule has 2 bridgehead atoms. The number of ketones is 1. The zero-order chi connectivity index (χ0) is 13.0. The molecule has 3 aliphatic carbocycles. The molecule has 0 heterocycles. The van der Waals surface area contributed by atoms with Crippen molar-refractivity contribution in [3.8, 4) is 0 Å². The van der Waals surface area contributed by atoms with Crippen molar-refractivity contribution in [1.82, 2.24) is 0 Å². The summed E-state index contributed by atoms with van der Waals surface area (Å²) in [4.78, 5) is 12.5. The predicted molar refractivity (Wildman–Crippen MR) is 73.9 cm³/mol. The second-order valence-electron chi connectivity index (χ2n) is 6.14. The molecule has 0 aromatic heterocycles. The van der Waals surface area contributed by atoms with Gasteiger partial charge in [0.05, 0.1) is 5.41 Å². The minimum atomic E-state index is -0.427. The van der Waals surface area contributed by atoms with Crippen LogP contribution in [0.1, 0.15) is 26.3 Å². The van der Waals surface area contributed by atoms with Crippen LogP contribution < -0.4 is 0 Å². The van der Waals surface area contributed by atoms with Crippen LogP contribution in [0.3, 0.4) is 0 Å². The van der Waals surface area contributed by atoms with Gasteiger partial charge in [-0.05, 0) is 18.1 Å². The Labute approximate surface area is 108 Å². The van der Waals surface area contributed by atoms with Gasteiger partial charge in [-0.25, -0.2) is 0 Å². The standard InChI is InChI=1S/C17H18O/c1-16(2)14-9-10-17(3,15(16)18)11-13(14)12-7-5-4-6-8-12/h4-11,14H,1-3H3. The number of hydrogen-bond acceptors (Lipinski definition) is 1. The molecule has 2 atom stereocenters. The number of carbonyl (C=O) groups excluding carboxylic acids is 1. The van der Waals surface area contributed by atoms with E-state index in [2.05, 4.69) is 56.3 Å². The summed E-state index contributed by atoms with van der Waals surface area (Å²) in [7, 11) is 0. The second kappa shape index (κ2) is 3.44. The number of fused-ring (bicyclic) bond motifs is 1. The third kappa shape index (κ3) is 1.37. The molecular formula is C17H18O. The van der Waals surface area contributed by atoms with Gasteiger partial charge in [-0.2, -0.15) is 0 Å². The van der Waals surface area contributed by atoms with Crippen molar-refractivity contribution in [1.29, 1.82) is 0 Å². The third-order valence-electron chi connectivity index (χ3n) is 4.38. The van der Waals surface area contributed by atoms with E-state index in [-0.39, 0.29) is 11.3 Å². The first-order valence-electron chi connectivity index (χ1n) is 6.47. The topological polar surface area (TPSA) is 17.1 Å². The third-order valence-corrected chi connectivity index (χ3v) is 4.38. The van der Waals surface area contributed by atoms with Crippen molar-refractivity contribution in [2.24, 2.45) is 16.7 Å². The molecular weight excluding hydrogens is 220 g/mol. The van der Waals surface area contributed by atoms with E-state index in [9.17, 15) is 4.79 Å². The molecule has 1 heteroatoms. The first-order valence-corrected chi connectivity index (χ1v) is 6.47. The van der Waals surface area contributed by atoms with Crippen LogP contribution in [-0.2, 0) is 4.79 Å². The highest BCUT2D eigenvalue weighted by Crippen LogP contribution is 2.53. The maximum atomic E-state index is 12.5. The van der Waals surface area contributed by atoms with E-state index < -0.39 is 5.41 Å². The molecule has 0 amide bonds. The van der Waals surface area contributed by atoms with E-state index in [1.807, 2.05) is 13.0 Å². The molecule has 2 unspecified atom stereocenters. The summed E-state index contributed by atoms with van der Waals surface area (Å²) in [6.07, 6.45) is 6.43. The molecule has 0 aliphatic heterocycles. The molecule has 0 fully saturated rings. The Kier molecular flexibility index (Phi) is 2.19. The Morgan fingerprint density at radius 3 is 2.33 bits per heavy atom. The summed E-state index contributed by atoms with van der Waals surface area (Å²) in [5.74, 6) is 0.538. The van der Waals surface area contributed by atoms with E-state index in [1.54, 1.807) is 0 Å². The summed E-state index contributed by atoms with van der Waals surface area (Å²) >= 11 is 0. The largest absolute Gasteiger partial charge is 0.298 e. The lowest BCUT2D eigenvalue weighted by Crippen LogP contribution is -2.48. The SMILES string of the molecule is CC12C=CC(C(c3ccccc3)=C1)C(C)(C)C2=O. The van der Waals surface area contributed by atoms with Crippen molar-refractivity contribution < 1.29 is 4.79 Å². The quantitative estimate of drug-likeness (QED) is 0.679. The normalized spacial score (nSPS) is 32.5. The lowest BCUT2D eigenvalue weighted by atomic mass is 9.54. The number of Topliss-reactive ketones (excluding diaryl/α,β-unsaturated/α-hetero) is 1. The van der Waals surface area contributed by atoms with E-state index in [4.69, 9.17) is 0 Å². The monoisotopic (exact) mass is 238 g/mol. The number of allylic oxidation sites excluding steroid dienone is 4. The highest BCUT2D eigenvalue weighted by atomic mass is 16.1. The highest BCUT2D eigenvalue weighted by molar-refractivity contribution is 6.01. The fraction of sp³-hybridized carbons (Fsp3) is 0.353. The van der Waals surface area contributed by atoms with Gasteiger partial charge in [0.2, 0.25) is 0 Å². The Bertz CT molecular complexity index is 563. The van der Waals surface area contributed by atoms with Crippen LogP contribution in [0.4, 0.5) is 0 Å². The van der Waals surface area contributed by atoms with Gasteiger partial charge in [-0.1, -0.05) is 62.4 Å². The average molecular weight is 238 g/mol. The second-order valence-corrected chi connectivity index (χ2v) is 6.14. The molecule has 4 rings (SSSR count). The fourth-order valence-corrected chi connectivity index (χ4v) is 3.36. The first-order chi connectivity index (χ1) is 8.45. The molecule has 1 nitrogen and oxygen atoms in total. The minimum absolute atomic E-state index is 0.203. The molecule has 3 aliphatic rings. The Morgan fingerprint density at radius 2 is 1.72 bits per heavy atom. The van der Waals surface area contributed by atoms with Gasteiger partial charge in [-0.15, -0.1) is 0 Å². The minimum Gasteiger partial charge on any atom is -0.298 e. The van der Waals surface area contributed by atoms with E-state index >= 15 is 0 Å². The molecule has 92 valence electrons. The molecule has 0 spiro atoms. The summed E-state index contributed by atoms with van der Waals surface area (Å²) in [6, 6.07) is 10.4. The smallest absolute Gasteiger partial charge is 0.152 e. The predicted octanol–water partition coefficient (Wildman–Crippen LogP) is 3.87. The van der Waals surface area contributed by atoms with Gasteiger partial charge in [0.25, 0.3) is 0 Å². The summed E-state index contributed by atoms with van der Waals surface area (Å²) in [5.41, 5.74) is 1.80. The summed E-state index contributed by atoms with van der Waals surface area (Å²) in [6.45, 7) is 6.15. The maximum Gasteiger partial charge on any atom is 0.152 e. The van der Waals surface area contributed by atoms with E-state index in [1.165, 1.54) is 11.1 Å². The van der Waals surface area contributed by atoms with E-state index in [0.717, 1.165) is 0 Å². The first kappa shape index (κ1) is 11.5. The van der Waals surface area contributed by atoms with Crippen molar-refractivity contribution >= 4 is 11.4 Å². The molecule has 0 saturated carbocycles. The van der Waals surface area contributed by atoms with Crippen LogP contribution in [-0.4, -0.2) is 5.78 Å². The molecule has 18 heavy (non-hydrogen) atoms. The van der Waals surface area contributed by atoms with Crippen LogP contribution >= 0.6 is 0 Å². The molecule has 0 radical (unpaired) electrons.